The first-order valence-electron chi connectivity index (χ1n) is 3.61. The maximum absolute atomic E-state index is 9.19. The van der Waals surface area contributed by atoms with Crippen LogP contribution >= 0.6 is 7.26 Å². The summed E-state index contributed by atoms with van der Waals surface area (Å²) in [7, 11) is -0.955. The molecule has 1 aromatic rings. The normalized spacial score (nSPS) is 11.5. The van der Waals surface area contributed by atoms with Gasteiger partial charge in [-0.15, -0.1) is 0 Å². The van der Waals surface area contributed by atoms with Crippen molar-refractivity contribution in [3.8, 4) is 5.75 Å². The molecule has 1 nitrogen and oxygen atoms in total. The number of hydrogen-bond acceptors (Lipinski definition) is 1. The molecule has 0 heterocycles. The Bertz CT molecular complexity index is 250. The molecule has 2 heteroatoms. The highest BCUT2D eigenvalue weighted by Crippen LogP contribution is 2.45. The number of hydrogen-bond donors (Lipinski definition) is 1. The van der Waals surface area contributed by atoms with Gasteiger partial charge in [0.15, 0.2) is 0 Å². The molecule has 0 aliphatic heterocycles. The molecule has 0 saturated carbocycles. The second-order valence-corrected chi connectivity index (χ2v) is 8.07. The molecule has 60 valence electrons. The van der Waals surface area contributed by atoms with Gasteiger partial charge in [-0.1, -0.05) is 6.07 Å². The molecule has 0 saturated heterocycles. The molecule has 1 N–H and O–H groups in total. The van der Waals surface area contributed by atoms with E-state index in [0.717, 1.165) is 0 Å². The first kappa shape index (κ1) is 8.55. The monoisotopic (exact) mass is 169 g/mol. The largest absolute Gasteiger partial charge is 0.508 e. The maximum Gasteiger partial charge on any atom is 0.119 e. The number of aromatic hydroxyl groups is 1. The van der Waals surface area contributed by atoms with Crippen molar-refractivity contribution in [2.45, 2.75) is 0 Å². The number of phenolic OH excluding ortho intramolecular Hbond substituents is 1. The molecule has 0 aromatic heterocycles. The van der Waals surface area contributed by atoms with E-state index in [4.69, 9.17) is 0 Å². The van der Waals surface area contributed by atoms with E-state index >= 15 is 0 Å². The van der Waals surface area contributed by atoms with Crippen LogP contribution in [0.15, 0.2) is 24.3 Å². The van der Waals surface area contributed by atoms with Crippen molar-refractivity contribution < 1.29 is 5.11 Å². The highest BCUT2D eigenvalue weighted by molar-refractivity contribution is 7.80. The van der Waals surface area contributed by atoms with Gasteiger partial charge in [-0.05, 0) is 12.1 Å². The summed E-state index contributed by atoms with van der Waals surface area (Å²) in [6.45, 7) is 6.71. The molecule has 0 fully saturated rings. The van der Waals surface area contributed by atoms with Crippen LogP contribution in [0.25, 0.3) is 0 Å². The molecule has 0 amide bonds. The minimum atomic E-state index is -0.955. The van der Waals surface area contributed by atoms with E-state index in [0.29, 0.717) is 5.75 Å². The Morgan fingerprint density at radius 1 is 1.18 bits per heavy atom. The van der Waals surface area contributed by atoms with E-state index < -0.39 is 7.26 Å². The molecule has 0 atom stereocenters. The Balaban J connectivity index is 3.06. The van der Waals surface area contributed by atoms with Gasteiger partial charge in [0.05, 0.1) is 25.3 Å². The van der Waals surface area contributed by atoms with Crippen LogP contribution < -0.4 is 5.30 Å². The molecule has 1 rings (SSSR count). The van der Waals surface area contributed by atoms with Crippen LogP contribution in [-0.4, -0.2) is 25.1 Å². The van der Waals surface area contributed by atoms with Gasteiger partial charge in [0, 0.05) is 13.3 Å². The third-order valence-corrected chi connectivity index (χ3v) is 3.43. The Labute approximate surface area is 68.4 Å². The van der Waals surface area contributed by atoms with Gasteiger partial charge < -0.3 is 5.11 Å². The zero-order chi connectivity index (χ0) is 8.48. The number of rotatable bonds is 1. The molecular formula is C9H14OP+. The summed E-state index contributed by atoms with van der Waals surface area (Å²) in [5.41, 5.74) is 0. The smallest absolute Gasteiger partial charge is 0.119 e. The lowest BCUT2D eigenvalue weighted by Crippen LogP contribution is -2.06. The van der Waals surface area contributed by atoms with Crippen molar-refractivity contribution in [2.75, 3.05) is 20.0 Å². The van der Waals surface area contributed by atoms with Gasteiger partial charge in [-0.2, -0.15) is 0 Å². The minimum absolute atomic E-state index is 0.373. The lowest BCUT2D eigenvalue weighted by molar-refractivity contribution is 0.476. The number of benzene rings is 1. The van der Waals surface area contributed by atoms with Crippen LogP contribution in [-0.2, 0) is 0 Å². The molecule has 0 aliphatic rings. The summed E-state index contributed by atoms with van der Waals surface area (Å²) in [6, 6.07) is 7.54. The standard InChI is InChI=1S/C9H13OP/c1-11(2,3)9-6-4-5-8(10)7-9/h4-7H,1-3H3/p+1. The maximum atomic E-state index is 9.19. The van der Waals surface area contributed by atoms with E-state index in [9.17, 15) is 5.11 Å². The van der Waals surface area contributed by atoms with Gasteiger partial charge in [0.25, 0.3) is 0 Å². The predicted molar refractivity (Wildman–Crippen MR) is 52.4 cm³/mol. The molecule has 0 spiro atoms. The van der Waals surface area contributed by atoms with Crippen LogP contribution in [0, 0.1) is 0 Å². The first-order valence-corrected chi connectivity index (χ1v) is 6.74. The summed E-state index contributed by atoms with van der Waals surface area (Å²) in [5.74, 6) is 0.373. The third-order valence-electron chi connectivity index (χ3n) is 1.60. The zero-order valence-electron chi connectivity index (χ0n) is 7.20. The quantitative estimate of drug-likeness (QED) is 0.637. The summed E-state index contributed by atoms with van der Waals surface area (Å²) in [5, 5.41) is 10.5. The molecule has 1 aromatic carbocycles. The van der Waals surface area contributed by atoms with Crippen LogP contribution in [0.4, 0.5) is 0 Å². The van der Waals surface area contributed by atoms with Gasteiger partial charge in [-0.3, -0.25) is 0 Å². The van der Waals surface area contributed by atoms with E-state index in [1.54, 1.807) is 6.07 Å². The highest BCUT2D eigenvalue weighted by Gasteiger charge is 2.20. The van der Waals surface area contributed by atoms with Crippen LogP contribution in [0.1, 0.15) is 0 Å². The lowest BCUT2D eigenvalue weighted by atomic mass is 10.3. The zero-order valence-corrected chi connectivity index (χ0v) is 8.10. The predicted octanol–water partition coefficient (Wildman–Crippen LogP) is 1.92. The Hall–Kier alpha value is -0.550. The van der Waals surface area contributed by atoms with Crippen LogP contribution in [0.5, 0.6) is 5.75 Å². The van der Waals surface area contributed by atoms with Crippen molar-refractivity contribution >= 4 is 12.6 Å². The third kappa shape index (κ3) is 2.20. The Kier molecular flexibility index (Phi) is 2.20. The van der Waals surface area contributed by atoms with E-state index in [-0.39, 0.29) is 0 Å². The van der Waals surface area contributed by atoms with Crippen molar-refractivity contribution in [3.63, 3.8) is 0 Å². The fourth-order valence-electron chi connectivity index (χ4n) is 0.910. The van der Waals surface area contributed by atoms with Crippen molar-refractivity contribution in [1.29, 1.82) is 0 Å². The Morgan fingerprint density at radius 2 is 1.82 bits per heavy atom. The summed E-state index contributed by atoms with van der Waals surface area (Å²) in [6.07, 6.45) is 0. The fourth-order valence-corrected chi connectivity index (χ4v) is 1.96. The first-order chi connectivity index (χ1) is 5.00. The second kappa shape index (κ2) is 2.83. The second-order valence-electron chi connectivity index (χ2n) is 3.53. The van der Waals surface area contributed by atoms with Crippen molar-refractivity contribution in [1.82, 2.24) is 0 Å². The van der Waals surface area contributed by atoms with Gasteiger partial charge in [0.1, 0.15) is 5.75 Å². The van der Waals surface area contributed by atoms with Gasteiger partial charge >= 0.3 is 0 Å². The van der Waals surface area contributed by atoms with E-state index in [1.165, 1.54) is 5.30 Å². The topological polar surface area (TPSA) is 20.2 Å². The molecule has 0 radical (unpaired) electrons. The van der Waals surface area contributed by atoms with E-state index in [2.05, 4.69) is 26.1 Å². The summed E-state index contributed by atoms with van der Waals surface area (Å²) < 4.78 is 0. The molecule has 0 unspecified atom stereocenters. The van der Waals surface area contributed by atoms with Crippen LogP contribution in [0.3, 0.4) is 0 Å². The van der Waals surface area contributed by atoms with Gasteiger partial charge in [0.2, 0.25) is 0 Å². The van der Waals surface area contributed by atoms with Crippen molar-refractivity contribution in [2.24, 2.45) is 0 Å². The Morgan fingerprint density at radius 3 is 2.18 bits per heavy atom. The molecule has 11 heavy (non-hydrogen) atoms. The van der Waals surface area contributed by atoms with Crippen LogP contribution in [0.2, 0.25) is 0 Å². The SMILES string of the molecule is C[P+](C)(C)c1cccc(O)c1. The highest BCUT2D eigenvalue weighted by atomic mass is 31.2. The minimum Gasteiger partial charge on any atom is -0.508 e. The number of phenols is 1. The fraction of sp³-hybridized carbons (Fsp3) is 0.333. The molecule has 0 aliphatic carbocycles. The lowest BCUT2D eigenvalue weighted by Gasteiger charge is -2.10. The average Bonchev–Trinajstić information content (AvgIpc) is 1.86. The molecule has 0 bridgehead atoms. The average molecular weight is 169 g/mol. The van der Waals surface area contributed by atoms with Crippen molar-refractivity contribution in [3.05, 3.63) is 24.3 Å². The summed E-state index contributed by atoms with van der Waals surface area (Å²) in [4.78, 5) is 0. The molecular weight excluding hydrogens is 155 g/mol. The van der Waals surface area contributed by atoms with Gasteiger partial charge in [-0.25, -0.2) is 0 Å². The summed E-state index contributed by atoms with van der Waals surface area (Å²) >= 11 is 0. The van der Waals surface area contributed by atoms with E-state index in [1.807, 2.05) is 12.1 Å².